The zero-order chi connectivity index (χ0) is 23.1. The Bertz CT molecular complexity index is 1420. The largest absolute Gasteiger partial charge is 0.460 e. The van der Waals surface area contributed by atoms with Crippen LogP contribution >= 0.6 is 0 Å². The highest BCUT2D eigenvalue weighted by atomic mass is 16.3. The van der Waals surface area contributed by atoms with Crippen LogP contribution in [0.1, 0.15) is 40.8 Å². The maximum atomic E-state index is 13.6. The van der Waals surface area contributed by atoms with Crippen LogP contribution in [-0.2, 0) is 0 Å². The molecule has 34 heavy (non-hydrogen) atoms. The number of aryl methyl sites for hydroxylation is 1. The summed E-state index contributed by atoms with van der Waals surface area (Å²) >= 11 is 0. The molecule has 1 saturated heterocycles. The van der Waals surface area contributed by atoms with Crippen LogP contribution in [0.25, 0.3) is 28.2 Å². The summed E-state index contributed by atoms with van der Waals surface area (Å²) in [6.45, 7) is 3.15. The van der Waals surface area contributed by atoms with Gasteiger partial charge in [-0.1, -0.05) is 30.3 Å². The zero-order valence-electron chi connectivity index (χ0n) is 18.8. The number of hydrogen-bond donors (Lipinski definition) is 0. The molecule has 170 valence electrons. The molecule has 0 N–H and O–H groups in total. The summed E-state index contributed by atoms with van der Waals surface area (Å²) in [7, 11) is 0. The average Bonchev–Trinajstić information content (AvgIpc) is 3.62. The second-order valence-corrected chi connectivity index (χ2v) is 8.67. The normalized spacial score (nSPS) is 14.7. The maximum Gasteiger partial charge on any atom is 0.257 e. The number of oxazole rings is 1. The van der Waals surface area contributed by atoms with E-state index in [1.807, 2.05) is 78.6 Å². The molecule has 1 fully saturated rings. The first kappa shape index (κ1) is 20.5. The molecule has 0 unspecified atom stereocenters. The standard InChI is InChI=1S/C27H24N4O3/c1-18-11-12-24(33-18)25-21(17-31(29-25)20-7-3-2-4-8-20)27(32)30-15-13-19(14-16-30)26-28-22-9-5-6-10-23(22)34-26/h2-12,17,19H,13-16H2,1H3. The van der Waals surface area contributed by atoms with Gasteiger partial charge in [-0.15, -0.1) is 0 Å². The van der Waals surface area contributed by atoms with Gasteiger partial charge < -0.3 is 13.7 Å². The van der Waals surface area contributed by atoms with Crippen LogP contribution in [0.5, 0.6) is 0 Å². The monoisotopic (exact) mass is 452 g/mol. The number of rotatable bonds is 4. The summed E-state index contributed by atoms with van der Waals surface area (Å²) in [5, 5.41) is 4.72. The fourth-order valence-corrected chi connectivity index (χ4v) is 4.55. The SMILES string of the molecule is Cc1ccc(-c2nn(-c3ccccc3)cc2C(=O)N2CCC(c3nc4ccccc4o3)CC2)o1. The van der Waals surface area contributed by atoms with Crippen molar-refractivity contribution >= 4 is 17.0 Å². The van der Waals surface area contributed by atoms with E-state index in [-0.39, 0.29) is 11.8 Å². The third-order valence-corrected chi connectivity index (χ3v) is 6.38. The number of furan rings is 1. The minimum atomic E-state index is -0.0396. The van der Waals surface area contributed by atoms with Crippen molar-refractivity contribution < 1.29 is 13.6 Å². The second-order valence-electron chi connectivity index (χ2n) is 8.67. The van der Waals surface area contributed by atoms with Crippen LogP contribution in [0.3, 0.4) is 0 Å². The predicted molar refractivity (Wildman–Crippen MR) is 128 cm³/mol. The average molecular weight is 453 g/mol. The molecule has 4 heterocycles. The summed E-state index contributed by atoms with van der Waals surface area (Å²) in [4.78, 5) is 20.2. The first-order chi connectivity index (χ1) is 16.7. The molecule has 0 aliphatic carbocycles. The van der Waals surface area contributed by atoms with E-state index in [2.05, 4.69) is 4.98 Å². The van der Waals surface area contributed by atoms with E-state index < -0.39 is 0 Å². The van der Waals surface area contributed by atoms with Gasteiger partial charge in [0.25, 0.3) is 5.91 Å². The Morgan fingerprint density at radius 1 is 0.941 bits per heavy atom. The van der Waals surface area contributed by atoms with Crippen molar-refractivity contribution in [3.63, 3.8) is 0 Å². The Morgan fingerprint density at radius 3 is 2.44 bits per heavy atom. The van der Waals surface area contributed by atoms with Gasteiger partial charge in [0, 0.05) is 25.2 Å². The molecule has 1 aliphatic rings. The van der Waals surface area contributed by atoms with Crippen molar-refractivity contribution in [3.05, 3.63) is 90.1 Å². The molecule has 1 aliphatic heterocycles. The van der Waals surface area contributed by atoms with Crippen LogP contribution in [-0.4, -0.2) is 38.7 Å². The molecule has 0 radical (unpaired) electrons. The van der Waals surface area contributed by atoms with E-state index >= 15 is 0 Å². The first-order valence-corrected chi connectivity index (χ1v) is 11.5. The van der Waals surface area contributed by atoms with E-state index in [1.54, 1.807) is 10.9 Å². The smallest absolute Gasteiger partial charge is 0.257 e. The van der Waals surface area contributed by atoms with Crippen LogP contribution in [0.15, 0.2) is 81.8 Å². The maximum absolute atomic E-state index is 13.6. The number of carbonyl (C=O) groups excluding carboxylic acids is 1. The zero-order valence-corrected chi connectivity index (χ0v) is 18.8. The van der Waals surface area contributed by atoms with Gasteiger partial charge in [-0.3, -0.25) is 4.79 Å². The lowest BCUT2D eigenvalue weighted by Crippen LogP contribution is -2.38. The summed E-state index contributed by atoms with van der Waals surface area (Å²) in [5.41, 5.74) is 3.67. The molecule has 2 aromatic carbocycles. The lowest BCUT2D eigenvalue weighted by Gasteiger charge is -2.30. The number of hydrogen-bond acceptors (Lipinski definition) is 5. The third kappa shape index (κ3) is 3.69. The Hall–Kier alpha value is -4.13. The Kier molecular flexibility index (Phi) is 5.02. The molecule has 5 aromatic rings. The molecular weight excluding hydrogens is 428 g/mol. The van der Waals surface area contributed by atoms with E-state index in [0.717, 1.165) is 41.3 Å². The predicted octanol–water partition coefficient (Wildman–Crippen LogP) is 5.60. The van der Waals surface area contributed by atoms with Gasteiger partial charge in [-0.05, 0) is 56.2 Å². The number of piperidine rings is 1. The van der Waals surface area contributed by atoms with E-state index in [4.69, 9.17) is 13.9 Å². The molecule has 7 heteroatoms. The lowest BCUT2D eigenvalue weighted by atomic mass is 9.96. The Morgan fingerprint density at radius 2 is 1.71 bits per heavy atom. The molecule has 0 saturated carbocycles. The van der Waals surface area contributed by atoms with Crippen LogP contribution in [0, 0.1) is 6.92 Å². The van der Waals surface area contributed by atoms with Crippen LogP contribution in [0.4, 0.5) is 0 Å². The van der Waals surface area contributed by atoms with Gasteiger partial charge in [-0.25, -0.2) is 9.67 Å². The summed E-state index contributed by atoms with van der Waals surface area (Å²) in [6, 6.07) is 21.3. The molecule has 3 aromatic heterocycles. The highest BCUT2D eigenvalue weighted by Crippen LogP contribution is 2.32. The van der Waals surface area contributed by atoms with E-state index in [9.17, 15) is 4.79 Å². The number of fused-ring (bicyclic) bond motifs is 1. The second kappa shape index (κ2) is 8.33. The lowest BCUT2D eigenvalue weighted by molar-refractivity contribution is 0.0707. The fraction of sp³-hybridized carbons (Fsp3) is 0.222. The number of aromatic nitrogens is 3. The highest BCUT2D eigenvalue weighted by molar-refractivity contribution is 5.99. The summed E-state index contributed by atoms with van der Waals surface area (Å²) < 4.78 is 13.6. The van der Waals surface area contributed by atoms with E-state index in [0.29, 0.717) is 30.1 Å². The fourth-order valence-electron chi connectivity index (χ4n) is 4.55. The van der Waals surface area contributed by atoms with Crippen LogP contribution < -0.4 is 0 Å². The molecule has 7 nitrogen and oxygen atoms in total. The summed E-state index contributed by atoms with van der Waals surface area (Å²) in [5.74, 6) is 2.30. The number of nitrogens with zero attached hydrogens (tertiary/aromatic N) is 4. The summed E-state index contributed by atoms with van der Waals surface area (Å²) in [6.07, 6.45) is 3.42. The van der Waals surface area contributed by atoms with Gasteiger partial charge in [0.05, 0.1) is 11.3 Å². The molecule has 0 spiro atoms. The number of likely N-dealkylation sites (tertiary alicyclic amines) is 1. The van der Waals surface area contributed by atoms with E-state index in [1.165, 1.54) is 0 Å². The minimum Gasteiger partial charge on any atom is -0.460 e. The van der Waals surface area contributed by atoms with Crippen molar-refractivity contribution in [1.29, 1.82) is 0 Å². The molecular formula is C27H24N4O3. The highest BCUT2D eigenvalue weighted by Gasteiger charge is 2.30. The number of benzene rings is 2. The Labute approximate surface area is 196 Å². The number of para-hydroxylation sites is 3. The molecule has 0 atom stereocenters. The van der Waals surface area contributed by atoms with Crippen molar-refractivity contribution in [3.8, 4) is 17.1 Å². The van der Waals surface area contributed by atoms with Gasteiger partial charge in [0.2, 0.25) is 0 Å². The van der Waals surface area contributed by atoms with Crippen molar-refractivity contribution in [2.24, 2.45) is 0 Å². The van der Waals surface area contributed by atoms with Gasteiger partial charge in [0.1, 0.15) is 17.0 Å². The first-order valence-electron chi connectivity index (χ1n) is 11.5. The minimum absolute atomic E-state index is 0.0396. The molecule has 1 amide bonds. The number of carbonyl (C=O) groups is 1. The Balaban J connectivity index is 1.26. The van der Waals surface area contributed by atoms with Gasteiger partial charge in [0.15, 0.2) is 17.2 Å². The molecule has 6 rings (SSSR count). The van der Waals surface area contributed by atoms with Gasteiger partial charge in [-0.2, -0.15) is 5.10 Å². The third-order valence-electron chi connectivity index (χ3n) is 6.38. The van der Waals surface area contributed by atoms with Crippen molar-refractivity contribution in [2.75, 3.05) is 13.1 Å². The molecule has 0 bridgehead atoms. The van der Waals surface area contributed by atoms with Gasteiger partial charge >= 0.3 is 0 Å². The van der Waals surface area contributed by atoms with Crippen molar-refractivity contribution in [2.45, 2.75) is 25.7 Å². The number of amides is 1. The topological polar surface area (TPSA) is 77.3 Å². The quantitative estimate of drug-likeness (QED) is 0.355. The van der Waals surface area contributed by atoms with Crippen LogP contribution in [0.2, 0.25) is 0 Å². The van der Waals surface area contributed by atoms with Crippen molar-refractivity contribution in [1.82, 2.24) is 19.7 Å².